The van der Waals surface area contributed by atoms with E-state index in [1.807, 2.05) is 0 Å². The molecule has 0 aliphatic carbocycles. The first-order valence-corrected chi connectivity index (χ1v) is 4.41. The fourth-order valence-electron chi connectivity index (χ4n) is 1.25. The molecule has 2 heterocycles. The maximum absolute atomic E-state index is 10.6. The molecule has 0 spiro atoms. The number of hydrogen-bond acceptors (Lipinski definition) is 5. The Morgan fingerprint density at radius 1 is 1.56 bits per heavy atom. The van der Waals surface area contributed by atoms with Gasteiger partial charge in [-0.2, -0.15) is 0 Å². The number of rotatable bonds is 3. The smallest absolute Gasteiger partial charge is 0.374 e. The Kier molecular flexibility index (Phi) is 2.55. The van der Waals surface area contributed by atoms with Gasteiger partial charge in [0.1, 0.15) is 5.69 Å². The van der Waals surface area contributed by atoms with Crippen LogP contribution in [0, 0.1) is 0 Å². The van der Waals surface area contributed by atoms with Crippen LogP contribution in [0.1, 0.15) is 10.6 Å². The summed E-state index contributed by atoms with van der Waals surface area (Å²) in [5.41, 5.74) is 0.962. The van der Waals surface area contributed by atoms with E-state index in [2.05, 4.69) is 14.7 Å². The molecule has 2 aromatic rings. The van der Waals surface area contributed by atoms with Gasteiger partial charge in [0.2, 0.25) is 11.6 Å². The average Bonchev–Trinajstić information content (AvgIpc) is 2.78. The van der Waals surface area contributed by atoms with Crippen LogP contribution in [-0.2, 0) is 0 Å². The zero-order valence-corrected chi connectivity index (χ0v) is 8.38. The fourth-order valence-corrected chi connectivity index (χ4v) is 1.25. The Bertz CT molecular complexity index is 521. The van der Waals surface area contributed by atoms with Crippen molar-refractivity contribution in [2.75, 3.05) is 7.11 Å². The van der Waals surface area contributed by atoms with E-state index in [1.165, 1.54) is 13.2 Å². The molecule has 0 saturated carbocycles. The van der Waals surface area contributed by atoms with Gasteiger partial charge in [-0.15, -0.1) is 0 Å². The molecule has 82 valence electrons. The highest BCUT2D eigenvalue weighted by Gasteiger charge is 2.15. The number of methoxy groups -OCH3 is 1. The molecule has 6 heteroatoms. The molecule has 0 fully saturated rings. The molecule has 0 amide bonds. The lowest BCUT2D eigenvalue weighted by Crippen LogP contribution is -1.92. The van der Waals surface area contributed by atoms with E-state index in [-0.39, 0.29) is 5.76 Å². The van der Waals surface area contributed by atoms with Gasteiger partial charge in [0, 0.05) is 12.3 Å². The van der Waals surface area contributed by atoms with Crippen LogP contribution in [0.3, 0.4) is 0 Å². The van der Waals surface area contributed by atoms with Crippen molar-refractivity contribution in [1.82, 2.24) is 10.1 Å². The molecular weight excluding hydrogens is 212 g/mol. The largest absolute Gasteiger partial charge is 0.481 e. The molecule has 6 nitrogen and oxygen atoms in total. The summed E-state index contributed by atoms with van der Waals surface area (Å²) in [6.45, 7) is 0. The van der Waals surface area contributed by atoms with Gasteiger partial charge in [-0.3, -0.25) is 0 Å². The Morgan fingerprint density at radius 3 is 3.00 bits per heavy atom. The highest BCUT2D eigenvalue weighted by Crippen LogP contribution is 2.26. The molecular formula is C10H8N2O4. The van der Waals surface area contributed by atoms with Crippen LogP contribution in [0.25, 0.3) is 11.3 Å². The van der Waals surface area contributed by atoms with Crippen LogP contribution in [0.15, 0.2) is 28.9 Å². The number of carbonyl (C=O) groups is 1. The van der Waals surface area contributed by atoms with E-state index in [4.69, 9.17) is 9.84 Å². The second-order valence-corrected chi connectivity index (χ2v) is 2.94. The topological polar surface area (TPSA) is 85.5 Å². The summed E-state index contributed by atoms with van der Waals surface area (Å²) in [5.74, 6) is -1.02. The van der Waals surface area contributed by atoms with Crippen molar-refractivity contribution in [3.05, 3.63) is 30.2 Å². The average molecular weight is 220 g/mol. The first-order valence-electron chi connectivity index (χ1n) is 4.41. The van der Waals surface area contributed by atoms with Crippen LogP contribution in [0.2, 0.25) is 0 Å². The lowest BCUT2D eigenvalue weighted by molar-refractivity contribution is 0.0652. The number of hydrogen-bond donors (Lipinski definition) is 1. The highest BCUT2D eigenvalue weighted by molar-refractivity contribution is 5.85. The molecule has 0 radical (unpaired) electrons. The van der Waals surface area contributed by atoms with Gasteiger partial charge in [0.15, 0.2) is 0 Å². The van der Waals surface area contributed by atoms with Crippen LogP contribution in [0.5, 0.6) is 5.88 Å². The summed E-state index contributed by atoms with van der Waals surface area (Å²) in [6, 6.07) is 4.74. The summed E-state index contributed by atoms with van der Waals surface area (Å²) >= 11 is 0. The zero-order chi connectivity index (χ0) is 11.5. The first kappa shape index (κ1) is 10.2. The van der Waals surface area contributed by atoms with E-state index < -0.39 is 5.97 Å². The Balaban J connectivity index is 2.46. The third-order valence-electron chi connectivity index (χ3n) is 1.96. The number of aromatic nitrogens is 2. The number of pyridine rings is 1. The fraction of sp³-hybridized carbons (Fsp3) is 0.100. The van der Waals surface area contributed by atoms with Gasteiger partial charge in [0.05, 0.1) is 12.7 Å². The van der Waals surface area contributed by atoms with Crippen molar-refractivity contribution in [3.8, 4) is 17.1 Å². The van der Waals surface area contributed by atoms with Crippen molar-refractivity contribution in [2.45, 2.75) is 0 Å². The van der Waals surface area contributed by atoms with Gasteiger partial charge >= 0.3 is 5.97 Å². The number of carboxylic acids is 1. The lowest BCUT2D eigenvalue weighted by Gasteiger charge is -2.02. The minimum Gasteiger partial charge on any atom is -0.481 e. The van der Waals surface area contributed by atoms with Gasteiger partial charge in [-0.05, 0) is 12.1 Å². The molecule has 1 N–H and O–H groups in total. The standard InChI is InChI=1S/C10H8N2O4/c1-15-9-6(3-2-4-11-9)7-5-8(10(13)14)16-12-7/h2-5H,1H3,(H,13,14). The molecule has 0 aromatic carbocycles. The van der Waals surface area contributed by atoms with Crippen LogP contribution >= 0.6 is 0 Å². The zero-order valence-electron chi connectivity index (χ0n) is 8.38. The molecule has 16 heavy (non-hydrogen) atoms. The summed E-state index contributed by atoms with van der Waals surface area (Å²) < 4.78 is 9.68. The van der Waals surface area contributed by atoms with E-state index in [0.29, 0.717) is 17.1 Å². The van der Waals surface area contributed by atoms with Gasteiger partial charge in [-0.25, -0.2) is 9.78 Å². The number of aromatic carboxylic acids is 1. The first-order chi connectivity index (χ1) is 7.72. The predicted molar refractivity (Wildman–Crippen MR) is 53.2 cm³/mol. The number of ether oxygens (including phenoxy) is 1. The minimum atomic E-state index is -1.17. The van der Waals surface area contributed by atoms with Crippen LogP contribution < -0.4 is 4.74 Å². The van der Waals surface area contributed by atoms with Gasteiger partial charge < -0.3 is 14.4 Å². The molecule has 0 atom stereocenters. The predicted octanol–water partition coefficient (Wildman–Crippen LogP) is 1.44. The number of nitrogens with zero attached hydrogens (tertiary/aromatic N) is 2. The van der Waals surface area contributed by atoms with Gasteiger partial charge in [-0.1, -0.05) is 5.16 Å². The second-order valence-electron chi connectivity index (χ2n) is 2.94. The maximum atomic E-state index is 10.6. The molecule has 0 unspecified atom stereocenters. The minimum absolute atomic E-state index is 0.221. The molecule has 0 aliphatic heterocycles. The molecule has 2 rings (SSSR count). The second kappa shape index (κ2) is 4.01. The van der Waals surface area contributed by atoms with Crippen LogP contribution in [0.4, 0.5) is 0 Å². The van der Waals surface area contributed by atoms with Crippen molar-refractivity contribution in [2.24, 2.45) is 0 Å². The molecule has 0 aliphatic rings. The summed E-state index contributed by atoms with van der Waals surface area (Å²) in [6.07, 6.45) is 1.57. The maximum Gasteiger partial charge on any atom is 0.374 e. The van der Waals surface area contributed by atoms with Gasteiger partial charge in [0.25, 0.3) is 0 Å². The normalized spacial score (nSPS) is 10.1. The monoisotopic (exact) mass is 220 g/mol. The van der Waals surface area contributed by atoms with Crippen molar-refractivity contribution < 1.29 is 19.2 Å². The Labute approximate surface area is 90.5 Å². The quantitative estimate of drug-likeness (QED) is 0.842. The van der Waals surface area contributed by atoms with E-state index in [9.17, 15) is 4.79 Å². The van der Waals surface area contributed by atoms with E-state index in [0.717, 1.165) is 0 Å². The van der Waals surface area contributed by atoms with E-state index >= 15 is 0 Å². The highest BCUT2D eigenvalue weighted by atomic mass is 16.5. The third kappa shape index (κ3) is 1.72. The molecule has 0 bridgehead atoms. The van der Waals surface area contributed by atoms with Crippen LogP contribution in [-0.4, -0.2) is 28.3 Å². The third-order valence-corrected chi connectivity index (χ3v) is 1.96. The Hall–Kier alpha value is -2.37. The van der Waals surface area contributed by atoms with E-state index in [1.54, 1.807) is 18.3 Å². The summed E-state index contributed by atoms with van der Waals surface area (Å²) in [5, 5.41) is 12.3. The SMILES string of the molecule is COc1ncccc1-c1cc(C(=O)O)on1. The van der Waals surface area contributed by atoms with Crippen molar-refractivity contribution in [1.29, 1.82) is 0 Å². The molecule has 2 aromatic heterocycles. The summed E-state index contributed by atoms with van der Waals surface area (Å²) in [7, 11) is 1.48. The Morgan fingerprint density at radius 2 is 2.38 bits per heavy atom. The lowest BCUT2D eigenvalue weighted by atomic mass is 10.2. The molecule has 0 saturated heterocycles. The summed E-state index contributed by atoms with van der Waals surface area (Å²) in [4.78, 5) is 14.6. The number of carboxylic acid groups (broad SMARTS) is 1. The van der Waals surface area contributed by atoms with Crippen molar-refractivity contribution in [3.63, 3.8) is 0 Å². The van der Waals surface area contributed by atoms with Crippen molar-refractivity contribution >= 4 is 5.97 Å².